The number of hydrogen-bond donors (Lipinski definition) is 0. The molecule has 230 valence electrons. The van der Waals surface area contributed by atoms with Crippen LogP contribution in [0.1, 0.15) is 0 Å². The Morgan fingerprint density at radius 1 is 0.367 bits per heavy atom. The third-order valence-electron chi connectivity index (χ3n) is 8.87. The maximum Gasteiger partial charge on any atom is 0.164 e. The summed E-state index contributed by atoms with van der Waals surface area (Å²) in [6.45, 7) is 0. The highest BCUT2D eigenvalue weighted by Gasteiger charge is 2.18. The molecule has 3 heterocycles. The first kappa shape index (κ1) is 28.5. The van der Waals surface area contributed by atoms with Crippen molar-refractivity contribution < 1.29 is 4.42 Å². The first-order valence-electron chi connectivity index (χ1n) is 16.2. The first-order valence-corrected chi connectivity index (χ1v) is 16.2. The van der Waals surface area contributed by atoms with E-state index in [9.17, 15) is 0 Å². The van der Waals surface area contributed by atoms with Crippen molar-refractivity contribution in [1.82, 2.24) is 19.9 Å². The lowest BCUT2D eigenvalue weighted by molar-refractivity contribution is 0.669. The molecule has 0 radical (unpaired) electrons. The van der Waals surface area contributed by atoms with Crippen molar-refractivity contribution in [1.29, 1.82) is 0 Å². The number of hydrogen-bond acceptors (Lipinski definition) is 5. The van der Waals surface area contributed by atoms with Crippen LogP contribution in [0.4, 0.5) is 0 Å². The fraction of sp³-hybridized carbons (Fsp3) is 0. The minimum Gasteiger partial charge on any atom is -0.456 e. The Morgan fingerprint density at radius 3 is 1.57 bits per heavy atom. The highest BCUT2D eigenvalue weighted by atomic mass is 16.3. The highest BCUT2D eigenvalue weighted by Crippen LogP contribution is 2.38. The molecule has 0 spiro atoms. The molecule has 0 aliphatic rings. The topological polar surface area (TPSA) is 64.7 Å². The lowest BCUT2D eigenvalue weighted by Crippen LogP contribution is -2.00. The van der Waals surface area contributed by atoms with Gasteiger partial charge in [0, 0.05) is 39.9 Å². The van der Waals surface area contributed by atoms with Gasteiger partial charge in [-0.2, -0.15) is 0 Å². The van der Waals surface area contributed by atoms with E-state index in [-0.39, 0.29) is 0 Å². The standard InChI is InChI=1S/C44H28N4O/c1-3-9-29(10-4-1)30-20-22-34(23-21-30)43-46-42(33-11-5-2-6-12-33)47-44(48-43)37-14-7-15-40-41(37)38-27-35(24-25-39(38)49-40)31-16-18-32(19-17-31)36-13-8-26-45-28-36/h1-28H. The Kier molecular flexibility index (Phi) is 7.06. The highest BCUT2D eigenvalue weighted by molar-refractivity contribution is 6.12. The minimum atomic E-state index is 0.593. The molecule has 5 heteroatoms. The SMILES string of the molecule is c1ccc(-c2ccc(-c3nc(-c4ccccc4)nc(-c4cccc5oc6ccc(-c7ccc(-c8cccnc8)cc7)cc6c45)n3)cc2)cc1. The molecule has 0 aliphatic heterocycles. The number of pyridine rings is 1. The second kappa shape index (κ2) is 12.1. The van der Waals surface area contributed by atoms with E-state index >= 15 is 0 Å². The summed E-state index contributed by atoms with van der Waals surface area (Å²) >= 11 is 0. The van der Waals surface area contributed by atoms with Crippen molar-refractivity contribution in [3.05, 3.63) is 170 Å². The molecule has 0 saturated heterocycles. The molecule has 5 nitrogen and oxygen atoms in total. The van der Waals surface area contributed by atoms with Crippen LogP contribution in [0.15, 0.2) is 175 Å². The van der Waals surface area contributed by atoms with Gasteiger partial charge in [0.25, 0.3) is 0 Å². The lowest BCUT2D eigenvalue weighted by Gasteiger charge is -2.10. The van der Waals surface area contributed by atoms with Gasteiger partial charge in [-0.25, -0.2) is 15.0 Å². The summed E-state index contributed by atoms with van der Waals surface area (Å²) in [4.78, 5) is 19.4. The fourth-order valence-electron chi connectivity index (χ4n) is 6.37. The number of fused-ring (bicyclic) bond motifs is 3. The van der Waals surface area contributed by atoms with E-state index in [4.69, 9.17) is 19.4 Å². The van der Waals surface area contributed by atoms with Crippen molar-refractivity contribution in [3.63, 3.8) is 0 Å². The zero-order valence-electron chi connectivity index (χ0n) is 26.4. The van der Waals surface area contributed by atoms with Crippen LogP contribution in [0.5, 0.6) is 0 Å². The molecule has 0 bridgehead atoms. The summed E-state index contributed by atoms with van der Waals surface area (Å²) in [6.07, 6.45) is 3.68. The molecule has 0 fully saturated rings. The summed E-state index contributed by atoms with van der Waals surface area (Å²) in [6, 6.07) is 53.8. The zero-order chi connectivity index (χ0) is 32.6. The molecule has 0 aliphatic carbocycles. The van der Waals surface area contributed by atoms with Crippen molar-refractivity contribution in [2.75, 3.05) is 0 Å². The van der Waals surface area contributed by atoms with Crippen LogP contribution in [0, 0.1) is 0 Å². The number of furan rings is 1. The molecule has 0 atom stereocenters. The van der Waals surface area contributed by atoms with Crippen molar-refractivity contribution in [3.8, 4) is 67.5 Å². The largest absolute Gasteiger partial charge is 0.456 e. The molecular formula is C44H28N4O. The van der Waals surface area contributed by atoms with Gasteiger partial charge >= 0.3 is 0 Å². The number of rotatable bonds is 6. The Morgan fingerprint density at radius 2 is 0.898 bits per heavy atom. The molecule has 0 amide bonds. The lowest BCUT2D eigenvalue weighted by atomic mass is 9.98. The third-order valence-corrected chi connectivity index (χ3v) is 8.87. The number of aromatic nitrogens is 4. The van der Waals surface area contributed by atoms with Crippen LogP contribution in [0.25, 0.3) is 89.5 Å². The number of nitrogens with zero attached hydrogens (tertiary/aromatic N) is 4. The average molecular weight is 629 g/mol. The van der Waals surface area contributed by atoms with Crippen LogP contribution in [-0.2, 0) is 0 Å². The molecule has 0 saturated carbocycles. The van der Waals surface area contributed by atoms with E-state index in [1.54, 1.807) is 6.20 Å². The van der Waals surface area contributed by atoms with Crippen LogP contribution >= 0.6 is 0 Å². The van der Waals surface area contributed by atoms with Gasteiger partial charge in [0.1, 0.15) is 11.2 Å². The van der Waals surface area contributed by atoms with E-state index in [0.29, 0.717) is 17.5 Å². The van der Waals surface area contributed by atoms with E-state index in [1.807, 2.05) is 66.9 Å². The van der Waals surface area contributed by atoms with Gasteiger partial charge < -0.3 is 4.42 Å². The molecule has 6 aromatic carbocycles. The van der Waals surface area contributed by atoms with E-state index in [2.05, 4.69) is 102 Å². The summed E-state index contributed by atoms with van der Waals surface area (Å²) in [5.74, 6) is 1.82. The van der Waals surface area contributed by atoms with E-state index < -0.39 is 0 Å². The zero-order valence-corrected chi connectivity index (χ0v) is 26.4. The molecule has 0 N–H and O–H groups in total. The predicted octanol–water partition coefficient (Wildman–Crippen LogP) is 11.2. The van der Waals surface area contributed by atoms with Crippen molar-refractivity contribution >= 4 is 21.9 Å². The molecule has 49 heavy (non-hydrogen) atoms. The van der Waals surface area contributed by atoms with Crippen LogP contribution in [0.3, 0.4) is 0 Å². The van der Waals surface area contributed by atoms with Crippen LogP contribution in [0.2, 0.25) is 0 Å². The Balaban J connectivity index is 1.17. The molecular weight excluding hydrogens is 601 g/mol. The van der Waals surface area contributed by atoms with E-state index in [0.717, 1.165) is 72.0 Å². The second-order valence-electron chi connectivity index (χ2n) is 11.9. The summed E-state index contributed by atoms with van der Waals surface area (Å²) in [5.41, 5.74) is 11.1. The van der Waals surface area contributed by atoms with Crippen LogP contribution < -0.4 is 0 Å². The van der Waals surface area contributed by atoms with Gasteiger partial charge in [0.15, 0.2) is 17.5 Å². The first-order chi connectivity index (χ1) is 24.3. The molecule has 0 unspecified atom stereocenters. The van der Waals surface area contributed by atoms with Gasteiger partial charge in [0.2, 0.25) is 0 Å². The quantitative estimate of drug-likeness (QED) is 0.183. The Hall–Kier alpha value is -6.72. The Bertz CT molecular complexity index is 2560. The summed E-state index contributed by atoms with van der Waals surface area (Å²) in [7, 11) is 0. The van der Waals surface area contributed by atoms with Crippen LogP contribution in [-0.4, -0.2) is 19.9 Å². The maximum absolute atomic E-state index is 6.39. The van der Waals surface area contributed by atoms with Gasteiger partial charge in [-0.1, -0.05) is 133 Å². The molecule has 9 aromatic rings. The predicted molar refractivity (Wildman–Crippen MR) is 198 cm³/mol. The summed E-state index contributed by atoms with van der Waals surface area (Å²) in [5, 5.41) is 1.98. The molecule has 3 aromatic heterocycles. The van der Waals surface area contributed by atoms with Crippen molar-refractivity contribution in [2.24, 2.45) is 0 Å². The monoisotopic (exact) mass is 628 g/mol. The molecule has 9 rings (SSSR count). The smallest absolute Gasteiger partial charge is 0.164 e. The minimum absolute atomic E-state index is 0.593. The van der Waals surface area contributed by atoms with Gasteiger partial charge in [-0.3, -0.25) is 4.98 Å². The maximum atomic E-state index is 6.39. The summed E-state index contributed by atoms with van der Waals surface area (Å²) < 4.78 is 6.39. The Labute approximate surface area is 283 Å². The normalized spacial score (nSPS) is 11.3. The third kappa shape index (κ3) is 5.43. The van der Waals surface area contributed by atoms with E-state index in [1.165, 1.54) is 0 Å². The van der Waals surface area contributed by atoms with Gasteiger partial charge in [0.05, 0.1) is 0 Å². The van der Waals surface area contributed by atoms with Gasteiger partial charge in [-0.05, 0) is 57.6 Å². The fourth-order valence-corrected chi connectivity index (χ4v) is 6.37. The second-order valence-corrected chi connectivity index (χ2v) is 11.9. The van der Waals surface area contributed by atoms with Gasteiger partial charge in [-0.15, -0.1) is 0 Å². The van der Waals surface area contributed by atoms with Crippen molar-refractivity contribution in [2.45, 2.75) is 0 Å². The average Bonchev–Trinajstić information content (AvgIpc) is 3.57. The number of benzene rings is 6.